The van der Waals surface area contributed by atoms with Gasteiger partial charge in [0, 0.05) is 56.5 Å². The average molecular weight is 806 g/mol. The fourth-order valence-electron chi connectivity index (χ4n) is 7.62. The van der Waals surface area contributed by atoms with Gasteiger partial charge in [-0.05, 0) is 59.1 Å². The summed E-state index contributed by atoms with van der Waals surface area (Å²) in [5, 5.41) is 21.0. The van der Waals surface area contributed by atoms with Crippen molar-refractivity contribution < 1.29 is 29.0 Å². The first kappa shape index (κ1) is 44.3. The van der Waals surface area contributed by atoms with Gasteiger partial charge in [-0.25, -0.2) is 9.59 Å². The van der Waals surface area contributed by atoms with Gasteiger partial charge < -0.3 is 35.6 Å². The van der Waals surface area contributed by atoms with Crippen LogP contribution in [0.25, 0.3) is 11.3 Å². The second kappa shape index (κ2) is 20.2. The van der Waals surface area contributed by atoms with Crippen molar-refractivity contribution in [2.45, 2.75) is 84.5 Å². The van der Waals surface area contributed by atoms with Crippen molar-refractivity contribution in [2.75, 3.05) is 33.3 Å². The monoisotopic (exact) mass is 805 g/mol. The fourth-order valence-corrected chi connectivity index (χ4v) is 7.62. The maximum atomic E-state index is 14.8. The molecular formula is C46H59N7O6. The van der Waals surface area contributed by atoms with Crippen LogP contribution in [0.1, 0.15) is 70.2 Å². The summed E-state index contributed by atoms with van der Waals surface area (Å²) in [5.41, 5.74) is 3.27. The van der Waals surface area contributed by atoms with Crippen molar-refractivity contribution in [1.29, 1.82) is 0 Å². The van der Waals surface area contributed by atoms with E-state index in [1.54, 1.807) is 22.2 Å². The number of ether oxygens (including phenoxy) is 1. The zero-order valence-corrected chi connectivity index (χ0v) is 35.1. The van der Waals surface area contributed by atoms with E-state index in [-0.39, 0.29) is 43.8 Å². The number of hydrogen-bond donors (Lipinski definition) is 4. The molecule has 1 saturated heterocycles. The zero-order valence-electron chi connectivity index (χ0n) is 35.1. The molecule has 5 rings (SSSR count). The van der Waals surface area contributed by atoms with Crippen LogP contribution in [0.2, 0.25) is 0 Å². The van der Waals surface area contributed by atoms with Crippen LogP contribution in [0.5, 0.6) is 0 Å². The standard InChI is InChI=1S/C46H59N7O6/c1-45(2,3)41(53-27-26-52(44(53)58)30-35-16-10-12-23-47-35)42(56)51-40(38(54)22-25-49-39(55)29-46(4,5)31-50-43(57)59-6)36(33-14-8-7-9-15-33)28-32-18-20-34(21-19-32)37-17-11-13-24-48-37/h7-21,23-24,36,38,40-41,54H,22,25-31H2,1-6H3,(H,49,55)(H,50,57)(H,51,56). The lowest BCUT2D eigenvalue weighted by Crippen LogP contribution is -2.59. The van der Waals surface area contributed by atoms with E-state index in [9.17, 15) is 24.3 Å². The number of methoxy groups -OCH3 is 1. The number of pyridine rings is 2. The largest absolute Gasteiger partial charge is 0.453 e. The molecule has 13 nitrogen and oxygen atoms in total. The number of rotatable bonds is 18. The Labute approximate surface area is 348 Å². The van der Waals surface area contributed by atoms with Gasteiger partial charge >= 0.3 is 12.1 Å². The number of amides is 5. The first-order valence-electron chi connectivity index (χ1n) is 20.2. The number of carbonyl (C=O) groups is 4. The number of nitrogens with zero attached hydrogens (tertiary/aromatic N) is 4. The van der Waals surface area contributed by atoms with E-state index >= 15 is 0 Å². The van der Waals surface area contributed by atoms with Gasteiger partial charge in [0.15, 0.2) is 0 Å². The molecule has 0 radical (unpaired) electrons. The third-order valence-corrected chi connectivity index (χ3v) is 10.6. The third kappa shape index (κ3) is 12.6. The summed E-state index contributed by atoms with van der Waals surface area (Å²) in [7, 11) is 1.28. The summed E-state index contributed by atoms with van der Waals surface area (Å²) in [5.74, 6) is -1.01. The van der Waals surface area contributed by atoms with Crippen LogP contribution in [-0.4, -0.2) is 100 Å². The van der Waals surface area contributed by atoms with Crippen LogP contribution in [0.15, 0.2) is 103 Å². The molecule has 1 fully saturated rings. The van der Waals surface area contributed by atoms with Crippen molar-refractivity contribution >= 4 is 23.9 Å². The van der Waals surface area contributed by atoms with Gasteiger partial charge in [0.05, 0.1) is 37.2 Å². The molecule has 3 heterocycles. The number of hydrogen-bond acceptors (Lipinski definition) is 8. The van der Waals surface area contributed by atoms with Crippen LogP contribution in [0, 0.1) is 10.8 Å². The number of benzene rings is 2. The molecule has 4 N–H and O–H groups in total. The van der Waals surface area contributed by atoms with Crippen molar-refractivity contribution in [3.8, 4) is 11.3 Å². The molecule has 5 amide bonds. The van der Waals surface area contributed by atoms with Gasteiger partial charge in [0.25, 0.3) is 0 Å². The van der Waals surface area contributed by atoms with Crippen LogP contribution in [0.3, 0.4) is 0 Å². The maximum Gasteiger partial charge on any atom is 0.406 e. The van der Waals surface area contributed by atoms with Crippen LogP contribution in [-0.2, 0) is 27.3 Å². The van der Waals surface area contributed by atoms with E-state index in [2.05, 4.69) is 30.7 Å². The van der Waals surface area contributed by atoms with Gasteiger partial charge in [0.2, 0.25) is 11.8 Å². The highest BCUT2D eigenvalue weighted by atomic mass is 16.5. The molecule has 13 heteroatoms. The second-order valence-electron chi connectivity index (χ2n) is 17.0. The third-order valence-electron chi connectivity index (χ3n) is 10.6. The Morgan fingerprint density at radius 1 is 0.847 bits per heavy atom. The number of urea groups is 1. The molecule has 0 bridgehead atoms. The average Bonchev–Trinajstić information content (AvgIpc) is 3.56. The maximum absolute atomic E-state index is 14.8. The molecule has 2 aromatic heterocycles. The highest BCUT2D eigenvalue weighted by Crippen LogP contribution is 2.32. The van der Waals surface area contributed by atoms with Crippen LogP contribution >= 0.6 is 0 Å². The number of aliphatic hydroxyl groups is 1. The summed E-state index contributed by atoms with van der Waals surface area (Å²) >= 11 is 0. The molecule has 4 aromatic rings. The molecule has 0 aliphatic carbocycles. The van der Waals surface area contributed by atoms with E-state index < -0.39 is 41.0 Å². The first-order valence-corrected chi connectivity index (χ1v) is 20.2. The van der Waals surface area contributed by atoms with Crippen molar-refractivity contribution in [2.24, 2.45) is 10.8 Å². The van der Waals surface area contributed by atoms with E-state index in [0.717, 1.165) is 28.1 Å². The number of carbonyl (C=O) groups excluding carboxylic acids is 4. The van der Waals surface area contributed by atoms with E-state index in [1.807, 2.05) is 126 Å². The number of aromatic nitrogens is 2. The van der Waals surface area contributed by atoms with Gasteiger partial charge in [0.1, 0.15) is 6.04 Å². The normalized spacial score (nSPS) is 15.2. The summed E-state index contributed by atoms with van der Waals surface area (Å²) in [6, 6.07) is 27.3. The highest BCUT2D eigenvalue weighted by Gasteiger charge is 2.45. The summed E-state index contributed by atoms with van der Waals surface area (Å²) in [6.45, 7) is 11.1. The lowest BCUT2D eigenvalue weighted by molar-refractivity contribution is -0.130. The minimum Gasteiger partial charge on any atom is -0.453 e. The summed E-state index contributed by atoms with van der Waals surface area (Å²) < 4.78 is 4.66. The fraction of sp³-hybridized carbons (Fsp3) is 0.435. The van der Waals surface area contributed by atoms with Crippen molar-refractivity contribution in [3.63, 3.8) is 0 Å². The van der Waals surface area contributed by atoms with Crippen LogP contribution in [0.4, 0.5) is 9.59 Å². The van der Waals surface area contributed by atoms with Crippen molar-refractivity contribution in [1.82, 2.24) is 35.7 Å². The molecule has 4 atom stereocenters. The summed E-state index contributed by atoms with van der Waals surface area (Å²) in [6.07, 6.45) is 2.53. The minimum atomic E-state index is -1.10. The van der Waals surface area contributed by atoms with Crippen molar-refractivity contribution in [3.05, 3.63) is 120 Å². The number of aliphatic hydroxyl groups excluding tert-OH is 1. The Kier molecular flexibility index (Phi) is 15.2. The predicted octanol–water partition coefficient (Wildman–Crippen LogP) is 5.95. The molecular weight excluding hydrogens is 747 g/mol. The quantitative estimate of drug-likeness (QED) is 0.0959. The molecule has 59 heavy (non-hydrogen) atoms. The molecule has 314 valence electrons. The topological polar surface area (TPSA) is 166 Å². The first-order chi connectivity index (χ1) is 28.1. The highest BCUT2D eigenvalue weighted by molar-refractivity contribution is 5.89. The Hall–Kier alpha value is -5.82. The number of alkyl carbamates (subject to hydrolysis) is 1. The Morgan fingerprint density at radius 2 is 1.53 bits per heavy atom. The predicted molar refractivity (Wildman–Crippen MR) is 227 cm³/mol. The zero-order chi connectivity index (χ0) is 42.6. The van der Waals surface area contributed by atoms with Gasteiger partial charge in [-0.2, -0.15) is 0 Å². The lowest BCUT2D eigenvalue weighted by Gasteiger charge is -2.39. The van der Waals surface area contributed by atoms with Gasteiger partial charge in [-0.15, -0.1) is 0 Å². The van der Waals surface area contributed by atoms with E-state index in [4.69, 9.17) is 0 Å². The molecule has 2 aromatic carbocycles. The van der Waals surface area contributed by atoms with E-state index in [1.165, 1.54) is 7.11 Å². The SMILES string of the molecule is COC(=O)NCC(C)(C)CC(=O)NCCC(O)C(NC(=O)C(N1CCN(Cc2ccccn2)C1=O)C(C)(C)C)C(Cc1ccc(-c2ccccn2)cc1)c1ccccc1. The molecule has 1 aliphatic heterocycles. The number of nitrogens with one attached hydrogen (secondary N) is 3. The molecule has 0 spiro atoms. The van der Waals surface area contributed by atoms with Gasteiger partial charge in [-0.1, -0.05) is 101 Å². The van der Waals surface area contributed by atoms with Crippen LogP contribution < -0.4 is 16.0 Å². The second-order valence-corrected chi connectivity index (χ2v) is 17.0. The Morgan fingerprint density at radius 3 is 2.15 bits per heavy atom. The smallest absolute Gasteiger partial charge is 0.406 e. The lowest BCUT2D eigenvalue weighted by atomic mass is 9.81. The molecule has 1 aliphatic rings. The van der Waals surface area contributed by atoms with E-state index in [0.29, 0.717) is 26.1 Å². The molecule has 4 unspecified atom stereocenters. The Bertz CT molecular complexity index is 1970. The van der Waals surface area contributed by atoms with Gasteiger partial charge in [-0.3, -0.25) is 19.6 Å². The molecule has 0 saturated carbocycles. The summed E-state index contributed by atoms with van der Waals surface area (Å²) in [4.78, 5) is 65.7. The Balaban J connectivity index is 1.41. The minimum absolute atomic E-state index is 0.128.